The van der Waals surface area contributed by atoms with Crippen molar-refractivity contribution in [2.45, 2.75) is 38.6 Å². The molecule has 1 aromatic carbocycles. The second-order valence-electron chi connectivity index (χ2n) is 6.55. The Bertz CT molecular complexity index is 531. The van der Waals surface area contributed by atoms with Crippen LogP contribution in [0.1, 0.15) is 31.7 Å². The summed E-state index contributed by atoms with van der Waals surface area (Å²) in [5, 5.41) is 21.7. The predicted octanol–water partition coefficient (Wildman–Crippen LogP) is 1.84. The molecule has 1 aromatic rings. The Labute approximate surface area is 136 Å². The van der Waals surface area contributed by atoms with Crippen LogP contribution in [0.3, 0.4) is 0 Å². The van der Waals surface area contributed by atoms with Crippen LogP contribution in [0.2, 0.25) is 0 Å². The molecule has 3 unspecified atom stereocenters. The van der Waals surface area contributed by atoms with Crippen molar-refractivity contribution < 1.29 is 19.8 Å². The van der Waals surface area contributed by atoms with Crippen LogP contribution in [-0.2, 0) is 16.0 Å². The molecule has 5 heteroatoms. The highest BCUT2D eigenvalue weighted by molar-refractivity contribution is 5.85. The standard InChI is InChI=1S/C18H25NO4/c1-12-7-8-15(16(9-12)18(22)23)17(21)19-14(11-20)10-13-5-3-2-4-6-13/h2-6,12,14-16,20H,7-11H2,1H3,(H,19,21)(H,22,23)/t12?,14-,15?,16?/m0/s1. The Balaban J connectivity index is 1.99. The third-order valence-electron chi connectivity index (χ3n) is 4.66. The molecule has 3 N–H and O–H groups in total. The Morgan fingerprint density at radius 1 is 1.22 bits per heavy atom. The summed E-state index contributed by atoms with van der Waals surface area (Å²) in [5.74, 6) is -1.96. The van der Waals surface area contributed by atoms with Gasteiger partial charge in [-0.3, -0.25) is 9.59 Å². The first-order chi connectivity index (χ1) is 11.0. The summed E-state index contributed by atoms with van der Waals surface area (Å²) in [6.45, 7) is 1.86. The first-order valence-corrected chi connectivity index (χ1v) is 8.19. The van der Waals surface area contributed by atoms with E-state index in [9.17, 15) is 19.8 Å². The van der Waals surface area contributed by atoms with Gasteiger partial charge in [0, 0.05) is 0 Å². The van der Waals surface area contributed by atoms with Crippen molar-refractivity contribution in [2.24, 2.45) is 17.8 Å². The molecular formula is C18H25NO4. The van der Waals surface area contributed by atoms with Crippen molar-refractivity contribution in [1.29, 1.82) is 0 Å². The summed E-state index contributed by atoms with van der Waals surface area (Å²) in [4.78, 5) is 23.9. The minimum absolute atomic E-state index is 0.165. The predicted molar refractivity (Wildman–Crippen MR) is 86.8 cm³/mol. The van der Waals surface area contributed by atoms with Gasteiger partial charge in [0.2, 0.25) is 5.91 Å². The van der Waals surface area contributed by atoms with Crippen molar-refractivity contribution in [1.82, 2.24) is 5.32 Å². The molecule has 1 aliphatic rings. The van der Waals surface area contributed by atoms with E-state index in [-0.39, 0.29) is 12.5 Å². The summed E-state index contributed by atoms with van der Waals surface area (Å²) < 4.78 is 0. The van der Waals surface area contributed by atoms with Gasteiger partial charge in [0.1, 0.15) is 0 Å². The lowest BCUT2D eigenvalue weighted by Crippen LogP contribution is -2.46. The fourth-order valence-corrected chi connectivity index (χ4v) is 3.34. The van der Waals surface area contributed by atoms with Gasteiger partial charge in [0.25, 0.3) is 0 Å². The van der Waals surface area contributed by atoms with Gasteiger partial charge >= 0.3 is 5.97 Å². The maximum absolute atomic E-state index is 12.5. The number of carbonyl (C=O) groups excluding carboxylic acids is 1. The molecule has 0 spiro atoms. The van der Waals surface area contributed by atoms with Crippen molar-refractivity contribution >= 4 is 11.9 Å². The Kier molecular flexibility index (Phi) is 6.16. The van der Waals surface area contributed by atoms with Crippen LogP contribution < -0.4 is 5.32 Å². The van der Waals surface area contributed by atoms with E-state index in [1.165, 1.54) is 0 Å². The average Bonchev–Trinajstić information content (AvgIpc) is 2.54. The Morgan fingerprint density at radius 3 is 2.52 bits per heavy atom. The van der Waals surface area contributed by atoms with E-state index >= 15 is 0 Å². The van der Waals surface area contributed by atoms with E-state index in [0.29, 0.717) is 25.2 Å². The van der Waals surface area contributed by atoms with E-state index < -0.39 is 23.8 Å². The van der Waals surface area contributed by atoms with Crippen LogP contribution in [0.5, 0.6) is 0 Å². The molecule has 1 amide bonds. The van der Waals surface area contributed by atoms with Crippen LogP contribution in [-0.4, -0.2) is 34.7 Å². The number of carboxylic acids is 1. The average molecular weight is 319 g/mol. The summed E-state index contributed by atoms with van der Waals surface area (Å²) in [5.41, 5.74) is 1.03. The molecule has 0 saturated heterocycles. The van der Waals surface area contributed by atoms with Gasteiger partial charge in [-0.2, -0.15) is 0 Å². The van der Waals surface area contributed by atoms with E-state index in [2.05, 4.69) is 5.32 Å². The molecule has 0 heterocycles. The highest BCUT2D eigenvalue weighted by Crippen LogP contribution is 2.34. The third-order valence-corrected chi connectivity index (χ3v) is 4.66. The lowest BCUT2D eigenvalue weighted by atomic mass is 9.74. The Morgan fingerprint density at radius 2 is 1.91 bits per heavy atom. The number of aliphatic hydroxyl groups excluding tert-OH is 1. The zero-order chi connectivity index (χ0) is 16.8. The van der Waals surface area contributed by atoms with Crippen LogP contribution in [0, 0.1) is 17.8 Å². The smallest absolute Gasteiger partial charge is 0.307 e. The fourth-order valence-electron chi connectivity index (χ4n) is 3.34. The normalized spacial score (nSPS) is 25.6. The van der Waals surface area contributed by atoms with Gasteiger partial charge in [-0.05, 0) is 37.2 Å². The van der Waals surface area contributed by atoms with Crippen LogP contribution in [0.25, 0.3) is 0 Å². The molecule has 4 atom stereocenters. The molecule has 2 rings (SSSR count). The molecule has 1 fully saturated rings. The number of hydrogen-bond acceptors (Lipinski definition) is 3. The van der Waals surface area contributed by atoms with Crippen molar-refractivity contribution in [3.63, 3.8) is 0 Å². The monoisotopic (exact) mass is 319 g/mol. The minimum atomic E-state index is -0.902. The third kappa shape index (κ3) is 4.79. The number of carbonyl (C=O) groups is 2. The van der Waals surface area contributed by atoms with Gasteiger partial charge in [0.05, 0.1) is 24.5 Å². The zero-order valence-electron chi connectivity index (χ0n) is 13.4. The van der Waals surface area contributed by atoms with Gasteiger partial charge < -0.3 is 15.5 Å². The first kappa shape index (κ1) is 17.5. The first-order valence-electron chi connectivity index (χ1n) is 8.19. The number of carboxylic acid groups (broad SMARTS) is 1. The van der Waals surface area contributed by atoms with Crippen LogP contribution >= 0.6 is 0 Å². The number of rotatable bonds is 6. The molecule has 5 nitrogen and oxygen atoms in total. The van der Waals surface area contributed by atoms with E-state index in [1.807, 2.05) is 37.3 Å². The minimum Gasteiger partial charge on any atom is -0.481 e. The molecule has 126 valence electrons. The number of aliphatic carboxylic acids is 1. The molecule has 0 bridgehead atoms. The number of amides is 1. The summed E-state index contributed by atoms with van der Waals surface area (Å²) in [7, 11) is 0. The van der Waals surface area contributed by atoms with Crippen molar-refractivity contribution in [3.8, 4) is 0 Å². The molecule has 1 saturated carbocycles. The van der Waals surface area contributed by atoms with Crippen molar-refractivity contribution in [3.05, 3.63) is 35.9 Å². The Hall–Kier alpha value is -1.88. The second-order valence-corrected chi connectivity index (χ2v) is 6.55. The lowest BCUT2D eigenvalue weighted by molar-refractivity contribution is -0.150. The van der Waals surface area contributed by atoms with Crippen LogP contribution in [0.4, 0.5) is 0 Å². The molecule has 0 aromatic heterocycles. The number of nitrogens with one attached hydrogen (secondary N) is 1. The summed E-state index contributed by atoms with van der Waals surface area (Å²) in [6.07, 6.45) is 2.53. The maximum atomic E-state index is 12.5. The molecule has 0 aliphatic heterocycles. The van der Waals surface area contributed by atoms with Gasteiger partial charge in [-0.1, -0.05) is 37.3 Å². The van der Waals surface area contributed by atoms with Gasteiger partial charge in [0.15, 0.2) is 0 Å². The fraction of sp³-hybridized carbons (Fsp3) is 0.556. The topological polar surface area (TPSA) is 86.6 Å². The van der Waals surface area contributed by atoms with E-state index in [0.717, 1.165) is 12.0 Å². The largest absolute Gasteiger partial charge is 0.481 e. The van der Waals surface area contributed by atoms with E-state index in [4.69, 9.17) is 0 Å². The van der Waals surface area contributed by atoms with Gasteiger partial charge in [-0.15, -0.1) is 0 Å². The number of benzene rings is 1. The molecule has 0 radical (unpaired) electrons. The maximum Gasteiger partial charge on any atom is 0.307 e. The number of aliphatic hydroxyl groups is 1. The zero-order valence-corrected chi connectivity index (χ0v) is 13.4. The quantitative estimate of drug-likeness (QED) is 0.747. The molecule has 1 aliphatic carbocycles. The highest BCUT2D eigenvalue weighted by Gasteiger charge is 2.38. The summed E-state index contributed by atoms with van der Waals surface area (Å²) >= 11 is 0. The van der Waals surface area contributed by atoms with Crippen LogP contribution in [0.15, 0.2) is 30.3 Å². The summed E-state index contributed by atoms with van der Waals surface area (Å²) in [6, 6.07) is 9.23. The van der Waals surface area contributed by atoms with Gasteiger partial charge in [-0.25, -0.2) is 0 Å². The van der Waals surface area contributed by atoms with Crippen molar-refractivity contribution in [2.75, 3.05) is 6.61 Å². The number of hydrogen-bond donors (Lipinski definition) is 3. The SMILES string of the molecule is CC1CCC(C(=O)N[C@H](CO)Cc2ccccc2)C(C(=O)O)C1. The highest BCUT2D eigenvalue weighted by atomic mass is 16.4. The van der Waals surface area contributed by atoms with E-state index in [1.54, 1.807) is 0 Å². The lowest BCUT2D eigenvalue weighted by Gasteiger charge is -2.32. The molecular weight excluding hydrogens is 294 g/mol. The molecule has 23 heavy (non-hydrogen) atoms. The second kappa shape index (κ2) is 8.11.